The van der Waals surface area contributed by atoms with Gasteiger partial charge in [0.25, 0.3) is 0 Å². The van der Waals surface area contributed by atoms with Gasteiger partial charge in [0.05, 0.1) is 12.2 Å². The topological polar surface area (TPSA) is 118 Å². The highest BCUT2D eigenvalue weighted by Gasteiger charge is 2.75. The molecule has 1 aliphatic heterocycles. The molecular weight excluding hydrogens is 546 g/mol. The number of aliphatic hydroxyl groups excluding tert-OH is 3. The minimum Gasteiger partial charge on any atom is -0.396 e. The number of aliphatic hydroxyl groups is 3. The van der Waals surface area contributed by atoms with Crippen LogP contribution in [0.15, 0.2) is 66.5 Å². The second kappa shape index (κ2) is 10.3. The molecule has 228 valence electrons. The van der Waals surface area contributed by atoms with Crippen LogP contribution in [0.5, 0.6) is 0 Å². The monoisotopic (exact) mass is 587 g/mol. The molecule has 4 aliphatic carbocycles. The van der Waals surface area contributed by atoms with Gasteiger partial charge in [0, 0.05) is 47.9 Å². The molecule has 1 saturated heterocycles. The molecule has 2 aromatic rings. The number of nitrogens with zero attached hydrogens (tertiary/aromatic N) is 1. The second-order valence-corrected chi connectivity index (χ2v) is 13.7. The lowest BCUT2D eigenvalue weighted by Gasteiger charge is -2.59. The Labute approximate surface area is 252 Å². The van der Waals surface area contributed by atoms with Crippen LogP contribution in [0, 0.1) is 28.6 Å². The molecule has 3 saturated carbocycles. The number of hydrogen-bond acceptors (Lipinski definition) is 7. The predicted octanol–water partition coefficient (Wildman–Crippen LogP) is 3.67. The first-order chi connectivity index (χ1) is 20.6. The third-order valence-corrected chi connectivity index (χ3v) is 11.6. The van der Waals surface area contributed by atoms with Crippen molar-refractivity contribution >= 4 is 11.6 Å². The SMILES string of the molecule is C[C@]12C=CC(=O)C=C1CC[C@@H]1[C@@H]2[C@@H](O)C[C@@]2(C)[C@H]1C[C@H]1O[C@@H](c3ccn(Cc4ccc(CCO)cc4)c3)O[C@]12C(=O)CO. The van der Waals surface area contributed by atoms with Crippen LogP contribution in [0.1, 0.15) is 62.5 Å². The maximum absolute atomic E-state index is 13.8. The van der Waals surface area contributed by atoms with Gasteiger partial charge in [-0.2, -0.15) is 0 Å². The molecule has 8 heteroatoms. The lowest BCUT2D eigenvalue weighted by molar-refractivity contribution is -0.201. The fraction of sp³-hybridized carbons (Fsp3) is 0.543. The molecule has 3 N–H and O–H groups in total. The first-order valence-electron chi connectivity index (χ1n) is 15.6. The third-order valence-electron chi connectivity index (χ3n) is 11.6. The highest BCUT2D eigenvalue weighted by molar-refractivity contribution is 6.01. The molecule has 43 heavy (non-hydrogen) atoms. The molecule has 7 rings (SSSR count). The normalized spacial score (nSPS) is 39.6. The highest BCUT2D eigenvalue weighted by Crippen LogP contribution is 2.70. The van der Waals surface area contributed by atoms with Gasteiger partial charge in [-0.05, 0) is 73.3 Å². The van der Waals surface area contributed by atoms with E-state index in [1.165, 1.54) is 0 Å². The molecule has 0 unspecified atom stereocenters. The van der Waals surface area contributed by atoms with Crippen molar-refractivity contribution in [2.45, 2.75) is 76.6 Å². The van der Waals surface area contributed by atoms with E-state index >= 15 is 0 Å². The number of benzene rings is 1. The number of carbonyl (C=O) groups excluding carboxylic acids is 2. The molecule has 1 aromatic carbocycles. The van der Waals surface area contributed by atoms with Crippen molar-refractivity contribution in [3.8, 4) is 0 Å². The Morgan fingerprint density at radius 2 is 1.88 bits per heavy atom. The van der Waals surface area contributed by atoms with Crippen LogP contribution in [0.3, 0.4) is 0 Å². The molecule has 0 spiro atoms. The van der Waals surface area contributed by atoms with E-state index < -0.39 is 41.5 Å². The Bertz CT molecular complexity index is 1490. The first-order valence-corrected chi connectivity index (χ1v) is 15.6. The fourth-order valence-electron chi connectivity index (χ4n) is 9.68. The third kappa shape index (κ3) is 4.21. The van der Waals surface area contributed by atoms with Crippen LogP contribution < -0.4 is 0 Å². The zero-order valence-electron chi connectivity index (χ0n) is 24.8. The van der Waals surface area contributed by atoms with E-state index in [9.17, 15) is 24.9 Å². The van der Waals surface area contributed by atoms with Gasteiger partial charge >= 0.3 is 0 Å². The number of ketones is 2. The number of allylic oxidation sites excluding steroid dienone is 4. The summed E-state index contributed by atoms with van der Waals surface area (Å²) in [6.07, 6.45) is 10.5. The number of rotatable bonds is 7. The van der Waals surface area contributed by atoms with Gasteiger partial charge in [0.1, 0.15) is 6.61 Å². The summed E-state index contributed by atoms with van der Waals surface area (Å²) in [7, 11) is 0. The Kier molecular flexibility index (Phi) is 6.95. The Morgan fingerprint density at radius 1 is 1.12 bits per heavy atom. The fourth-order valence-corrected chi connectivity index (χ4v) is 9.68. The zero-order valence-corrected chi connectivity index (χ0v) is 24.8. The maximum atomic E-state index is 13.8. The number of hydrogen-bond donors (Lipinski definition) is 3. The molecule has 0 radical (unpaired) electrons. The van der Waals surface area contributed by atoms with Crippen molar-refractivity contribution in [3.05, 3.63) is 83.2 Å². The van der Waals surface area contributed by atoms with Gasteiger partial charge in [-0.15, -0.1) is 0 Å². The number of carbonyl (C=O) groups is 2. The molecule has 5 aliphatic rings. The number of fused-ring (bicyclic) bond motifs is 7. The van der Waals surface area contributed by atoms with E-state index in [-0.39, 0.29) is 35.9 Å². The van der Waals surface area contributed by atoms with E-state index in [4.69, 9.17) is 9.47 Å². The Hall–Kier alpha value is -2.88. The lowest BCUT2D eigenvalue weighted by Crippen LogP contribution is -2.63. The average Bonchev–Trinajstić information content (AvgIpc) is 3.67. The largest absolute Gasteiger partial charge is 0.396 e. The van der Waals surface area contributed by atoms with Crippen molar-refractivity contribution in [1.29, 1.82) is 0 Å². The summed E-state index contributed by atoms with van der Waals surface area (Å²) >= 11 is 0. The van der Waals surface area contributed by atoms with Gasteiger partial charge in [-0.3, -0.25) is 9.59 Å². The van der Waals surface area contributed by atoms with Crippen LogP contribution in [-0.2, 0) is 32.0 Å². The minimum atomic E-state index is -1.36. The molecule has 9 atom stereocenters. The van der Waals surface area contributed by atoms with Crippen molar-refractivity contribution in [2.75, 3.05) is 13.2 Å². The van der Waals surface area contributed by atoms with Gasteiger partial charge in [0.2, 0.25) is 0 Å². The van der Waals surface area contributed by atoms with E-state index in [0.717, 1.165) is 35.1 Å². The predicted molar refractivity (Wildman–Crippen MR) is 158 cm³/mol. The molecular formula is C35H41NO7. The number of ether oxygens (including phenoxy) is 2. The molecule has 0 bridgehead atoms. The van der Waals surface area contributed by atoms with E-state index in [1.807, 2.05) is 41.2 Å². The molecule has 4 fully saturated rings. The summed E-state index contributed by atoms with van der Waals surface area (Å²) in [6.45, 7) is 4.31. The minimum absolute atomic E-state index is 0.00147. The van der Waals surface area contributed by atoms with Crippen LogP contribution in [0.25, 0.3) is 0 Å². The zero-order chi connectivity index (χ0) is 30.1. The molecule has 0 amide bonds. The van der Waals surface area contributed by atoms with E-state index in [2.05, 4.69) is 26.0 Å². The molecule has 1 aromatic heterocycles. The van der Waals surface area contributed by atoms with E-state index in [0.29, 0.717) is 25.8 Å². The Balaban J connectivity index is 1.16. The maximum Gasteiger partial charge on any atom is 0.193 e. The molecule has 8 nitrogen and oxygen atoms in total. The summed E-state index contributed by atoms with van der Waals surface area (Å²) in [5.41, 5.74) is 1.62. The van der Waals surface area contributed by atoms with Crippen LogP contribution >= 0.6 is 0 Å². The summed E-state index contributed by atoms with van der Waals surface area (Å²) in [5.74, 6) is -0.272. The van der Waals surface area contributed by atoms with Crippen molar-refractivity contribution in [3.63, 3.8) is 0 Å². The van der Waals surface area contributed by atoms with Gasteiger partial charge in [0.15, 0.2) is 23.5 Å². The van der Waals surface area contributed by atoms with Gasteiger partial charge in [-0.1, -0.05) is 49.8 Å². The van der Waals surface area contributed by atoms with E-state index in [1.54, 1.807) is 12.2 Å². The van der Waals surface area contributed by atoms with Gasteiger partial charge in [-0.25, -0.2) is 0 Å². The standard InChI is InChI=1S/C35H41NO7/c1-33-12-9-25(39)15-24(33)7-8-26-27-16-30-35(29(41)20-38,34(27,2)17-28(40)31(26)33)43-32(42-30)23-10-13-36(19-23)18-22-5-3-21(4-6-22)11-14-37/h3-6,9-10,12-13,15,19,26-28,30-32,37-38,40H,7-8,11,14,16-18,20H2,1-2H3/t26-,27-,28-,30+,31+,32+,33-,34-,35+/m0/s1. The van der Waals surface area contributed by atoms with Gasteiger partial charge < -0.3 is 29.4 Å². The van der Waals surface area contributed by atoms with Crippen LogP contribution in [0.4, 0.5) is 0 Å². The Morgan fingerprint density at radius 3 is 2.63 bits per heavy atom. The van der Waals surface area contributed by atoms with Crippen molar-refractivity contribution in [1.82, 2.24) is 4.57 Å². The first kappa shape index (κ1) is 28.9. The molecule has 2 heterocycles. The lowest BCUT2D eigenvalue weighted by atomic mass is 9.46. The summed E-state index contributed by atoms with van der Waals surface area (Å²) in [6, 6.07) is 10.1. The highest BCUT2D eigenvalue weighted by atomic mass is 16.7. The quantitative estimate of drug-likeness (QED) is 0.453. The summed E-state index contributed by atoms with van der Waals surface area (Å²) < 4.78 is 15.3. The second-order valence-electron chi connectivity index (χ2n) is 13.7. The number of Topliss-reactive ketones (excluding diaryl/α,β-unsaturated/α-hetero) is 1. The van der Waals surface area contributed by atoms with Crippen molar-refractivity contribution < 1.29 is 34.4 Å². The number of aromatic nitrogens is 1. The van der Waals surface area contributed by atoms with Crippen molar-refractivity contribution in [2.24, 2.45) is 28.6 Å². The smallest absolute Gasteiger partial charge is 0.193 e. The summed E-state index contributed by atoms with van der Waals surface area (Å²) in [4.78, 5) is 25.9. The summed E-state index contributed by atoms with van der Waals surface area (Å²) in [5, 5.41) is 31.2. The average molecular weight is 588 g/mol. The van der Waals surface area contributed by atoms with Crippen LogP contribution in [0.2, 0.25) is 0 Å². The van der Waals surface area contributed by atoms with Crippen LogP contribution in [-0.4, -0.2) is 62.5 Å².